The zero-order chi connectivity index (χ0) is 14.4. The van der Waals surface area contributed by atoms with E-state index in [1.165, 1.54) is 19.3 Å². The van der Waals surface area contributed by atoms with Crippen LogP contribution in [0.15, 0.2) is 5.38 Å². The van der Waals surface area contributed by atoms with Gasteiger partial charge in [-0.25, -0.2) is 4.98 Å². The van der Waals surface area contributed by atoms with Crippen LogP contribution in [0.2, 0.25) is 0 Å². The molecule has 1 amide bonds. The number of carbonyl (C=O) groups excluding carboxylic acids is 1. The van der Waals surface area contributed by atoms with Gasteiger partial charge in [-0.1, -0.05) is 19.8 Å². The fourth-order valence-corrected chi connectivity index (χ4v) is 3.66. The van der Waals surface area contributed by atoms with Crippen molar-refractivity contribution in [3.8, 4) is 0 Å². The van der Waals surface area contributed by atoms with Crippen molar-refractivity contribution in [3.05, 3.63) is 16.1 Å². The minimum absolute atomic E-state index is 0.0988. The lowest BCUT2D eigenvalue weighted by Crippen LogP contribution is -2.32. The maximum atomic E-state index is 12.5. The number of nitrogens with two attached hydrogens (primary N) is 1. The van der Waals surface area contributed by atoms with E-state index in [0.717, 1.165) is 43.3 Å². The van der Waals surface area contributed by atoms with Crippen LogP contribution in [0.1, 0.15) is 54.5 Å². The van der Waals surface area contributed by atoms with Gasteiger partial charge in [0.25, 0.3) is 5.91 Å². The van der Waals surface area contributed by atoms with Gasteiger partial charge in [-0.15, -0.1) is 11.3 Å². The molecule has 2 N–H and O–H groups in total. The predicted molar refractivity (Wildman–Crippen MR) is 83.0 cm³/mol. The summed E-state index contributed by atoms with van der Waals surface area (Å²) < 4.78 is 0. The Morgan fingerprint density at radius 3 is 3.10 bits per heavy atom. The van der Waals surface area contributed by atoms with Crippen LogP contribution in [0.5, 0.6) is 0 Å². The van der Waals surface area contributed by atoms with E-state index in [0.29, 0.717) is 12.2 Å². The number of rotatable bonds is 5. The average molecular weight is 295 g/mol. The van der Waals surface area contributed by atoms with E-state index in [9.17, 15) is 4.79 Å². The van der Waals surface area contributed by atoms with Gasteiger partial charge in [-0.05, 0) is 31.7 Å². The van der Waals surface area contributed by atoms with Gasteiger partial charge in [0.2, 0.25) is 0 Å². The number of hydrogen-bond donors (Lipinski definition) is 1. The summed E-state index contributed by atoms with van der Waals surface area (Å²) in [5.41, 5.74) is 6.13. The SMILES string of the molecule is CCCC1CCCN(C(=O)c2csc(CCN)n2)CC1. The van der Waals surface area contributed by atoms with Gasteiger partial charge in [0.15, 0.2) is 0 Å². The van der Waals surface area contributed by atoms with Crippen molar-refractivity contribution in [2.24, 2.45) is 11.7 Å². The fraction of sp³-hybridized carbons (Fsp3) is 0.733. The number of hydrogen-bond acceptors (Lipinski definition) is 4. The van der Waals surface area contributed by atoms with Crippen molar-refractivity contribution >= 4 is 17.2 Å². The molecule has 0 spiro atoms. The van der Waals surface area contributed by atoms with E-state index >= 15 is 0 Å². The minimum Gasteiger partial charge on any atom is -0.337 e. The van der Waals surface area contributed by atoms with Crippen molar-refractivity contribution in [2.45, 2.75) is 45.4 Å². The Bertz CT molecular complexity index is 433. The van der Waals surface area contributed by atoms with Gasteiger partial charge >= 0.3 is 0 Å². The Labute approximate surface area is 125 Å². The first-order valence-electron chi connectivity index (χ1n) is 7.68. The summed E-state index contributed by atoms with van der Waals surface area (Å²) in [4.78, 5) is 18.9. The molecular formula is C15H25N3OS. The normalized spacial score (nSPS) is 19.9. The molecule has 4 nitrogen and oxygen atoms in total. The molecule has 0 aliphatic carbocycles. The van der Waals surface area contributed by atoms with Gasteiger partial charge in [0.05, 0.1) is 5.01 Å². The van der Waals surface area contributed by atoms with E-state index < -0.39 is 0 Å². The molecule has 1 unspecified atom stereocenters. The topological polar surface area (TPSA) is 59.2 Å². The molecule has 1 aliphatic rings. The van der Waals surface area contributed by atoms with Gasteiger partial charge in [-0.2, -0.15) is 0 Å². The van der Waals surface area contributed by atoms with Crippen molar-refractivity contribution in [1.82, 2.24) is 9.88 Å². The van der Waals surface area contributed by atoms with E-state index in [2.05, 4.69) is 11.9 Å². The monoisotopic (exact) mass is 295 g/mol. The van der Waals surface area contributed by atoms with E-state index in [1.807, 2.05) is 10.3 Å². The molecule has 0 saturated carbocycles. The smallest absolute Gasteiger partial charge is 0.273 e. The first-order valence-corrected chi connectivity index (χ1v) is 8.56. The van der Waals surface area contributed by atoms with Crippen molar-refractivity contribution in [2.75, 3.05) is 19.6 Å². The van der Waals surface area contributed by atoms with Crippen LogP contribution < -0.4 is 5.73 Å². The molecular weight excluding hydrogens is 270 g/mol. The number of likely N-dealkylation sites (tertiary alicyclic amines) is 1. The minimum atomic E-state index is 0.0988. The van der Waals surface area contributed by atoms with Crippen LogP contribution in [-0.2, 0) is 6.42 Å². The molecule has 0 aromatic carbocycles. The van der Waals surface area contributed by atoms with Gasteiger partial charge < -0.3 is 10.6 Å². The summed E-state index contributed by atoms with van der Waals surface area (Å²) in [5, 5.41) is 2.84. The first-order chi connectivity index (χ1) is 9.74. The van der Waals surface area contributed by atoms with E-state index in [1.54, 1.807) is 11.3 Å². The van der Waals surface area contributed by atoms with Crippen molar-refractivity contribution in [1.29, 1.82) is 0 Å². The van der Waals surface area contributed by atoms with Gasteiger partial charge in [-0.3, -0.25) is 4.79 Å². The third kappa shape index (κ3) is 4.03. The predicted octanol–water partition coefficient (Wildman–Crippen LogP) is 2.69. The molecule has 112 valence electrons. The van der Waals surface area contributed by atoms with Crippen LogP contribution >= 0.6 is 11.3 Å². The van der Waals surface area contributed by atoms with Crippen LogP contribution in [0.3, 0.4) is 0 Å². The lowest BCUT2D eigenvalue weighted by molar-refractivity contribution is 0.0754. The highest BCUT2D eigenvalue weighted by molar-refractivity contribution is 7.09. The van der Waals surface area contributed by atoms with E-state index in [4.69, 9.17) is 5.73 Å². The van der Waals surface area contributed by atoms with Crippen LogP contribution in [0.25, 0.3) is 0 Å². The summed E-state index contributed by atoms with van der Waals surface area (Å²) in [6.45, 7) is 4.58. The average Bonchev–Trinajstić information content (AvgIpc) is 2.78. The molecule has 1 saturated heterocycles. The Hall–Kier alpha value is -0.940. The third-order valence-corrected chi connectivity index (χ3v) is 4.87. The molecule has 2 heterocycles. The Balaban J connectivity index is 1.94. The molecule has 5 heteroatoms. The second-order valence-corrected chi connectivity index (χ2v) is 6.49. The summed E-state index contributed by atoms with van der Waals surface area (Å²) in [7, 11) is 0. The van der Waals surface area contributed by atoms with Gasteiger partial charge in [0.1, 0.15) is 5.69 Å². The number of aromatic nitrogens is 1. The zero-order valence-corrected chi connectivity index (χ0v) is 13.1. The molecule has 1 aliphatic heterocycles. The summed E-state index contributed by atoms with van der Waals surface area (Å²) in [6.07, 6.45) is 6.81. The van der Waals surface area contributed by atoms with Crippen LogP contribution in [0, 0.1) is 5.92 Å². The fourth-order valence-electron chi connectivity index (χ4n) is 2.87. The Kier molecular flexibility index (Phi) is 5.98. The summed E-state index contributed by atoms with van der Waals surface area (Å²) in [5.74, 6) is 0.891. The molecule has 0 bridgehead atoms. The van der Waals surface area contributed by atoms with Gasteiger partial charge in [0, 0.05) is 24.9 Å². The maximum absolute atomic E-state index is 12.5. The highest BCUT2D eigenvalue weighted by atomic mass is 32.1. The molecule has 1 aromatic heterocycles. The number of carbonyl (C=O) groups is 1. The van der Waals surface area contributed by atoms with E-state index in [-0.39, 0.29) is 5.91 Å². The standard InChI is InChI=1S/C15H25N3OS/c1-2-4-12-5-3-9-18(10-7-12)15(19)13-11-20-14(17-13)6-8-16/h11-12H,2-10,16H2,1H3. The zero-order valence-electron chi connectivity index (χ0n) is 12.3. The molecule has 0 radical (unpaired) electrons. The summed E-state index contributed by atoms with van der Waals surface area (Å²) >= 11 is 1.54. The molecule has 1 atom stereocenters. The lowest BCUT2D eigenvalue weighted by Gasteiger charge is -2.19. The Morgan fingerprint density at radius 1 is 1.50 bits per heavy atom. The maximum Gasteiger partial charge on any atom is 0.273 e. The third-order valence-electron chi connectivity index (χ3n) is 3.96. The highest BCUT2D eigenvalue weighted by Gasteiger charge is 2.22. The lowest BCUT2D eigenvalue weighted by atomic mass is 9.96. The molecule has 20 heavy (non-hydrogen) atoms. The molecule has 1 fully saturated rings. The first kappa shape index (κ1) is 15.4. The highest BCUT2D eigenvalue weighted by Crippen LogP contribution is 2.23. The second-order valence-electron chi connectivity index (χ2n) is 5.54. The largest absolute Gasteiger partial charge is 0.337 e. The quantitative estimate of drug-likeness (QED) is 0.908. The molecule has 2 rings (SSSR count). The van der Waals surface area contributed by atoms with Crippen LogP contribution in [-0.4, -0.2) is 35.4 Å². The Morgan fingerprint density at radius 2 is 2.35 bits per heavy atom. The molecule has 1 aromatic rings. The number of thiazole rings is 1. The van der Waals surface area contributed by atoms with Crippen LogP contribution in [0.4, 0.5) is 0 Å². The second kappa shape index (κ2) is 7.74. The summed E-state index contributed by atoms with van der Waals surface area (Å²) in [6, 6.07) is 0. The van der Waals surface area contributed by atoms with Crippen molar-refractivity contribution < 1.29 is 4.79 Å². The number of nitrogens with zero attached hydrogens (tertiary/aromatic N) is 2. The number of amides is 1. The van der Waals surface area contributed by atoms with Crippen molar-refractivity contribution in [3.63, 3.8) is 0 Å².